The van der Waals surface area contributed by atoms with E-state index in [1.54, 1.807) is 0 Å². The summed E-state index contributed by atoms with van der Waals surface area (Å²) in [4.78, 5) is 6.67. The molecule has 2 aliphatic heterocycles. The lowest BCUT2D eigenvalue weighted by Gasteiger charge is -2.37. The Hall–Kier alpha value is -0.770. The lowest BCUT2D eigenvalue weighted by atomic mass is 10.1. The van der Waals surface area contributed by atoms with Crippen molar-refractivity contribution in [2.24, 2.45) is 4.99 Å². The standard InChI is InChI=1S/C19H28ClN3O3.HI/c1-14(26-16-7-5-15(20)6-8-16)12-22-19(21-2)23-9-11-25-18(13-23)17-4-3-10-24-17;/h5-8,14,17-18H,3-4,9-13H2,1-2H3,(H,21,22);1H. The third-order valence-electron chi connectivity index (χ3n) is 4.68. The van der Waals surface area contributed by atoms with E-state index < -0.39 is 0 Å². The van der Waals surface area contributed by atoms with Crippen LogP contribution in [0.5, 0.6) is 5.75 Å². The van der Waals surface area contributed by atoms with Gasteiger partial charge in [0.2, 0.25) is 0 Å². The highest BCUT2D eigenvalue weighted by Gasteiger charge is 2.32. The summed E-state index contributed by atoms with van der Waals surface area (Å²) in [6.45, 7) is 5.87. The normalized spacial score (nSPS) is 24.3. The molecule has 27 heavy (non-hydrogen) atoms. The van der Waals surface area contributed by atoms with Gasteiger partial charge < -0.3 is 24.4 Å². The van der Waals surface area contributed by atoms with Gasteiger partial charge in [-0.25, -0.2) is 0 Å². The molecule has 152 valence electrons. The molecule has 2 saturated heterocycles. The summed E-state index contributed by atoms with van der Waals surface area (Å²) in [5.41, 5.74) is 0. The molecule has 0 spiro atoms. The maximum absolute atomic E-state index is 5.92. The van der Waals surface area contributed by atoms with Gasteiger partial charge in [-0.3, -0.25) is 4.99 Å². The Morgan fingerprint density at radius 1 is 1.30 bits per heavy atom. The number of benzene rings is 1. The van der Waals surface area contributed by atoms with E-state index in [1.165, 1.54) is 0 Å². The molecule has 2 heterocycles. The topological polar surface area (TPSA) is 55.3 Å². The van der Waals surface area contributed by atoms with Crippen molar-refractivity contribution < 1.29 is 14.2 Å². The van der Waals surface area contributed by atoms with E-state index >= 15 is 0 Å². The second kappa shape index (κ2) is 11.3. The minimum absolute atomic E-state index is 0. The highest BCUT2D eigenvalue weighted by molar-refractivity contribution is 14.0. The highest BCUT2D eigenvalue weighted by Crippen LogP contribution is 2.21. The van der Waals surface area contributed by atoms with Crippen LogP contribution in [-0.2, 0) is 9.47 Å². The number of nitrogens with zero attached hydrogens (tertiary/aromatic N) is 2. The zero-order valence-electron chi connectivity index (χ0n) is 15.9. The maximum Gasteiger partial charge on any atom is 0.193 e. The molecule has 1 aromatic carbocycles. The van der Waals surface area contributed by atoms with Crippen LogP contribution in [0.4, 0.5) is 0 Å². The van der Waals surface area contributed by atoms with Crippen molar-refractivity contribution in [2.45, 2.75) is 38.1 Å². The monoisotopic (exact) mass is 509 g/mol. The predicted molar refractivity (Wildman–Crippen MR) is 119 cm³/mol. The molecule has 2 aliphatic rings. The maximum atomic E-state index is 5.92. The van der Waals surface area contributed by atoms with Crippen molar-refractivity contribution in [3.05, 3.63) is 29.3 Å². The first-order valence-corrected chi connectivity index (χ1v) is 9.64. The molecule has 8 heteroatoms. The molecule has 2 fully saturated rings. The van der Waals surface area contributed by atoms with Crippen LogP contribution in [0, 0.1) is 0 Å². The van der Waals surface area contributed by atoms with Gasteiger partial charge in [0.05, 0.1) is 19.3 Å². The van der Waals surface area contributed by atoms with Crippen LogP contribution in [0.25, 0.3) is 0 Å². The zero-order chi connectivity index (χ0) is 18.4. The van der Waals surface area contributed by atoms with Gasteiger partial charge in [-0.15, -0.1) is 24.0 Å². The fourth-order valence-electron chi connectivity index (χ4n) is 3.34. The predicted octanol–water partition coefficient (Wildman–Crippen LogP) is 3.18. The first kappa shape index (κ1) is 22.5. The van der Waals surface area contributed by atoms with E-state index in [2.05, 4.69) is 15.2 Å². The lowest BCUT2D eigenvalue weighted by Crippen LogP contribution is -2.54. The summed E-state index contributed by atoms with van der Waals surface area (Å²) >= 11 is 5.91. The number of morpholine rings is 1. The molecule has 3 atom stereocenters. The van der Waals surface area contributed by atoms with Gasteiger partial charge in [0.15, 0.2) is 5.96 Å². The smallest absolute Gasteiger partial charge is 0.193 e. The van der Waals surface area contributed by atoms with Crippen molar-refractivity contribution in [3.8, 4) is 5.75 Å². The van der Waals surface area contributed by atoms with Gasteiger partial charge in [-0.05, 0) is 44.0 Å². The fourth-order valence-corrected chi connectivity index (χ4v) is 3.47. The zero-order valence-corrected chi connectivity index (χ0v) is 19.0. The molecule has 0 aromatic heterocycles. The van der Waals surface area contributed by atoms with Gasteiger partial charge in [0.25, 0.3) is 0 Å². The molecular weight excluding hydrogens is 481 g/mol. The van der Waals surface area contributed by atoms with Crippen LogP contribution in [0.15, 0.2) is 29.3 Å². The third-order valence-corrected chi connectivity index (χ3v) is 4.93. The number of aliphatic imine (C=N–C) groups is 1. The molecule has 0 radical (unpaired) electrons. The summed E-state index contributed by atoms with van der Waals surface area (Å²) < 4.78 is 17.6. The van der Waals surface area contributed by atoms with Crippen molar-refractivity contribution in [3.63, 3.8) is 0 Å². The van der Waals surface area contributed by atoms with Crippen LogP contribution in [0.2, 0.25) is 5.02 Å². The number of hydrogen-bond donors (Lipinski definition) is 1. The molecular formula is C19H29ClIN3O3. The minimum atomic E-state index is 0. The van der Waals surface area contributed by atoms with Gasteiger partial charge in [0.1, 0.15) is 18.0 Å². The number of hydrogen-bond acceptors (Lipinski definition) is 4. The number of halogens is 2. The highest BCUT2D eigenvalue weighted by atomic mass is 127. The van der Waals surface area contributed by atoms with Crippen molar-refractivity contribution in [2.75, 3.05) is 39.9 Å². The first-order valence-electron chi connectivity index (χ1n) is 9.26. The molecule has 0 amide bonds. The van der Waals surface area contributed by atoms with Crippen molar-refractivity contribution in [1.29, 1.82) is 0 Å². The van der Waals surface area contributed by atoms with Crippen LogP contribution in [0.1, 0.15) is 19.8 Å². The molecule has 3 rings (SSSR count). The van der Waals surface area contributed by atoms with E-state index in [-0.39, 0.29) is 42.3 Å². The summed E-state index contributed by atoms with van der Waals surface area (Å²) in [6, 6.07) is 7.41. The van der Waals surface area contributed by atoms with Crippen LogP contribution in [-0.4, -0.2) is 69.1 Å². The second-order valence-corrected chi connectivity index (χ2v) is 7.15. The number of rotatable bonds is 5. The Morgan fingerprint density at radius 2 is 2.04 bits per heavy atom. The summed E-state index contributed by atoms with van der Waals surface area (Å²) in [7, 11) is 1.81. The van der Waals surface area contributed by atoms with Gasteiger partial charge in [-0.2, -0.15) is 0 Å². The largest absolute Gasteiger partial charge is 0.489 e. The quantitative estimate of drug-likeness (QED) is 0.375. The van der Waals surface area contributed by atoms with Crippen molar-refractivity contribution in [1.82, 2.24) is 10.2 Å². The van der Waals surface area contributed by atoms with E-state index in [4.69, 9.17) is 25.8 Å². The Morgan fingerprint density at radius 3 is 2.70 bits per heavy atom. The average Bonchev–Trinajstić information content (AvgIpc) is 3.19. The van der Waals surface area contributed by atoms with E-state index in [1.807, 2.05) is 38.2 Å². The lowest BCUT2D eigenvalue weighted by molar-refractivity contribution is -0.0817. The Kier molecular flexibility index (Phi) is 9.41. The summed E-state index contributed by atoms with van der Waals surface area (Å²) in [5, 5.41) is 4.12. The fraction of sp³-hybridized carbons (Fsp3) is 0.632. The Bertz CT molecular complexity index is 596. The Labute approximate surface area is 183 Å². The van der Waals surface area contributed by atoms with Crippen LogP contribution >= 0.6 is 35.6 Å². The van der Waals surface area contributed by atoms with Gasteiger partial charge in [0, 0.05) is 31.8 Å². The summed E-state index contributed by atoms with van der Waals surface area (Å²) in [5.74, 6) is 1.69. The average molecular weight is 510 g/mol. The molecule has 3 unspecified atom stereocenters. The van der Waals surface area contributed by atoms with Crippen LogP contribution in [0.3, 0.4) is 0 Å². The number of guanidine groups is 1. The number of ether oxygens (including phenoxy) is 3. The third kappa shape index (κ3) is 6.66. The van der Waals surface area contributed by atoms with Gasteiger partial charge >= 0.3 is 0 Å². The van der Waals surface area contributed by atoms with E-state index in [0.717, 1.165) is 44.2 Å². The van der Waals surface area contributed by atoms with Gasteiger partial charge in [-0.1, -0.05) is 11.6 Å². The van der Waals surface area contributed by atoms with Crippen molar-refractivity contribution >= 4 is 41.5 Å². The molecule has 0 bridgehead atoms. The molecule has 6 nitrogen and oxygen atoms in total. The van der Waals surface area contributed by atoms with Crippen LogP contribution < -0.4 is 10.1 Å². The SMILES string of the molecule is CN=C(NCC(C)Oc1ccc(Cl)cc1)N1CCOC(C2CCCO2)C1.I. The first-order chi connectivity index (χ1) is 12.7. The van der Waals surface area contributed by atoms with E-state index in [0.29, 0.717) is 18.2 Å². The minimum Gasteiger partial charge on any atom is -0.489 e. The number of nitrogens with one attached hydrogen (secondary N) is 1. The molecule has 0 saturated carbocycles. The van der Waals surface area contributed by atoms with E-state index in [9.17, 15) is 0 Å². The second-order valence-electron chi connectivity index (χ2n) is 6.72. The summed E-state index contributed by atoms with van der Waals surface area (Å²) in [6.07, 6.45) is 2.53. The molecule has 1 aromatic rings. The Balaban J connectivity index is 0.00000261. The molecule has 1 N–H and O–H groups in total. The molecule has 0 aliphatic carbocycles.